The Morgan fingerprint density at radius 1 is 0.826 bits per heavy atom. The highest BCUT2D eigenvalue weighted by molar-refractivity contribution is 6.42. The molecule has 0 unspecified atom stereocenters. The number of hydrogen-bond donors (Lipinski definition) is 0. The van der Waals surface area contributed by atoms with Crippen molar-refractivity contribution in [1.82, 2.24) is 4.90 Å². The first-order valence-electron chi connectivity index (χ1n) is 7.55. The van der Waals surface area contributed by atoms with Gasteiger partial charge in [0.05, 0.1) is 5.69 Å². The van der Waals surface area contributed by atoms with Gasteiger partial charge in [-0.25, -0.2) is 4.39 Å². The van der Waals surface area contributed by atoms with E-state index < -0.39 is 11.7 Å². The monoisotopic (exact) mass is 312 g/mol. The third-order valence-corrected chi connectivity index (χ3v) is 3.99. The number of amides is 1. The second-order valence-corrected chi connectivity index (χ2v) is 5.43. The topological polar surface area (TPSA) is 40.6 Å². The predicted octanol–water partition coefficient (Wildman–Crippen LogP) is 2.36. The largest absolute Gasteiger partial charge is 0.366 e. The maximum absolute atomic E-state index is 13.8. The highest BCUT2D eigenvalue weighted by atomic mass is 19.1. The van der Waals surface area contributed by atoms with Gasteiger partial charge in [-0.15, -0.1) is 0 Å². The highest BCUT2D eigenvalue weighted by Crippen LogP contribution is 2.20. The summed E-state index contributed by atoms with van der Waals surface area (Å²) >= 11 is 0. The van der Waals surface area contributed by atoms with Crippen LogP contribution in [0, 0.1) is 5.82 Å². The van der Waals surface area contributed by atoms with Crippen LogP contribution in [-0.2, 0) is 4.79 Å². The Bertz CT molecular complexity index is 710. The van der Waals surface area contributed by atoms with Crippen LogP contribution >= 0.6 is 0 Å². The molecule has 0 radical (unpaired) electrons. The number of Topliss-reactive ketones (excluding diaryl/α,β-unsaturated/α-hetero) is 1. The zero-order valence-electron chi connectivity index (χ0n) is 12.6. The van der Waals surface area contributed by atoms with E-state index in [4.69, 9.17) is 0 Å². The number of nitrogens with zero attached hydrogens (tertiary/aromatic N) is 2. The molecule has 4 nitrogen and oxygen atoms in total. The van der Waals surface area contributed by atoms with Crippen LogP contribution in [0.5, 0.6) is 0 Å². The van der Waals surface area contributed by atoms with Gasteiger partial charge in [0.2, 0.25) is 5.78 Å². The van der Waals surface area contributed by atoms with E-state index in [1.807, 2.05) is 4.90 Å². The van der Waals surface area contributed by atoms with Crippen molar-refractivity contribution in [2.45, 2.75) is 0 Å². The van der Waals surface area contributed by atoms with Crippen molar-refractivity contribution in [1.29, 1.82) is 0 Å². The van der Waals surface area contributed by atoms with Crippen LogP contribution in [0.15, 0.2) is 54.6 Å². The number of hydrogen-bond acceptors (Lipinski definition) is 3. The molecule has 5 heteroatoms. The van der Waals surface area contributed by atoms with Crippen LogP contribution in [0.3, 0.4) is 0 Å². The molecule has 23 heavy (non-hydrogen) atoms. The van der Waals surface area contributed by atoms with E-state index in [1.165, 1.54) is 11.0 Å². The zero-order valence-corrected chi connectivity index (χ0v) is 12.6. The Kier molecular flexibility index (Phi) is 4.37. The van der Waals surface area contributed by atoms with Gasteiger partial charge in [0.25, 0.3) is 5.91 Å². The Morgan fingerprint density at radius 2 is 1.43 bits per heavy atom. The number of rotatable bonds is 3. The number of piperazine rings is 1. The van der Waals surface area contributed by atoms with Crippen LogP contribution in [0.2, 0.25) is 0 Å². The minimum atomic E-state index is -0.496. The van der Waals surface area contributed by atoms with E-state index in [0.717, 1.165) is 0 Å². The Balaban J connectivity index is 1.64. The molecule has 2 aromatic rings. The molecule has 0 atom stereocenters. The molecule has 1 fully saturated rings. The van der Waals surface area contributed by atoms with Crippen molar-refractivity contribution in [2.24, 2.45) is 0 Å². The lowest BCUT2D eigenvalue weighted by atomic mass is 10.1. The van der Waals surface area contributed by atoms with Crippen LogP contribution in [0.25, 0.3) is 0 Å². The smallest absolute Gasteiger partial charge is 0.295 e. The van der Waals surface area contributed by atoms with Crippen LogP contribution in [0.1, 0.15) is 10.4 Å². The summed E-state index contributed by atoms with van der Waals surface area (Å²) in [7, 11) is 0. The van der Waals surface area contributed by atoms with Gasteiger partial charge in [0, 0.05) is 31.7 Å². The molecule has 0 aromatic heterocycles. The van der Waals surface area contributed by atoms with E-state index in [2.05, 4.69) is 0 Å². The fourth-order valence-electron chi connectivity index (χ4n) is 2.72. The number of ketones is 1. The molecule has 0 saturated carbocycles. The normalized spacial score (nSPS) is 14.7. The summed E-state index contributed by atoms with van der Waals surface area (Å²) in [6, 6.07) is 15.1. The molecule has 118 valence electrons. The molecule has 0 spiro atoms. The van der Waals surface area contributed by atoms with E-state index in [9.17, 15) is 14.0 Å². The van der Waals surface area contributed by atoms with Gasteiger partial charge in [-0.1, -0.05) is 42.5 Å². The van der Waals surface area contributed by atoms with Crippen molar-refractivity contribution in [3.63, 3.8) is 0 Å². The summed E-state index contributed by atoms with van der Waals surface area (Å²) in [5.41, 5.74) is 0.933. The van der Waals surface area contributed by atoms with Gasteiger partial charge in [0.1, 0.15) is 5.82 Å². The Morgan fingerprint density at radius 3 is 2.09 bits per heavy atom. The van der Waals surface area contributed by atoms with Crippen LogP contribution < -0.4 is 4.90 Å². The van der Waals surface area contributed by atoms with Crippen molar-refractivity contribution < 1.29 is 14.0 Å². The molecule has 3 rings (SSSR count). The molecule has 0 N–H and O–H groups in total. The standard InChI is InChI=1S/C18H17FN2O2/c19-15-8-4-5-9-16(15)20-10-12-21(13-11-20)18(23)17(22)14-6-2-1-3-7-14/h1-9H,10-13H2. The fourth-order valence-corrected chi connectivity index (χ4v) is 2.72. The number of benzene rings is 2. The van der Waals surface area contributed by atoms with E-state index in [0.29, 0.717) is 37.4 Å². The minimum absolute atomic E-state index is 0.271. The minimum Gasteiger partial charge on any atom is -0.366 e. The van der Waals surface area contributed by atoms with E-state index in [-0.39, 0.29) is 5.82 Å². The number of anilines is 1. The molecule has 0 bridgehead atoms. The molecule has 2 aromatic carbocycles. The lowest BCUT2D eigenvalue weighted by molar-refractivity contribution is -0.126. The van der Waals surface area contributed by atoms with Crippen LogP contribution in [0.4, 0.5) is 10.1 Å². The van der Waals surface area contributed by atoms with Gasteiger partial charge < -0.3 is 9.80 Å². The first-order chi connectivity index (χ1) is 11.2. The summed E-state index contributed by atoms with van der Waals surface area (Å²) in [5, 5.41) is 0. The molecule has 1 saturated heterocycles. The summed E-state index contributed by atoms with van der Waals surface area (Å²) in [6.45, 7) is 1.83. The maximum Gasteiger partial charge on any atom is 0.295 e. The molecule has 0 aliphatic carbocycles. The van der Waals surface area contributed by atoms with Gasteiger partial charge in [0.15, 0.2) is 0 Å². The average molecular weight is 312 g/mol. The first-order valence-corrected chi connectivity index (χ1v) is 7.55. The SMILES string of the molecule is O=C(C(=O)N1CCN(c2ccccc2F)CC1)c1ccccc1. The van der Waals surface area contributed by atoms with Gasteiger partial charge >= 0.3 is 0 Å². The van der Waals surface area contributed by atoms with E-state index in [1.54, 1.807) is 48.5 Å². The summed E-state index contributed by atoms with van der Waals surface area (Å²) in [4.78, 5) is 27.9. The van der Waals surface area contributed by atoms with Crippen LogP contribution in [-0.4, -0.2) is 42.8 Å². The predicted molar refractivity (Wildman–Crippen MR) is 86.0 cm³/mol. The zero-order chi connectivity index (χ0) is 16.2. The molecular formula is C18H17FN2O2. The number of carbonyl (C=O) groups is 2. The van der Waals surface area contributed by atoms with Crippen molar-refractivity contribution in [3.8, 4) is 0 Å². The van der Waals surface area contributed by atoms with Gasteiger partial charge in [-0.2, -0.15) is 0 Å². The fraction of sp³-hybridized carbons (Fsp3) is 0.222. The molecule has 1 amide bonds. The summed E-state index contributed by atoms with van der Waals surface area (Å²) in [6.07, 6.45) is 0. The lowest BCUT2D eigenvalue weighted by Gasteiger charge is -2.35. The van der Waals surface area contributed by atoms with Crippen molar-refractivity contribution >= 4 is 17.4 Å². The number of carbonyl (C=O) groups excluding carboxylic acids is 2. The van der Waals surface area contributed by atoms with Crippen molar-refractivity contribution in [3.05, 3.63) is 66.0 Å². The maximum atomic E-state index is 13.8. The molecular weight excluding hydrogens is 295 g/mol. The van der Waals surface area contributed by atoms with E-state index >= 15 is 0 Å². The summed E-state index contributed by atoms with van der Waals surface area (Å²) in [5.74, 6) is -1.26. The number of para-hydroxylation sites is 1. The third-order valence-electron chi connectivity index (χ3n) is 3.99. The number of halogens is 1. The van der Waals surface area contributed by atoms with Gasteiger partial charge in [-0.3, -0.25) is 9.59 Å². The first kappa shape index (κ1) is 15.2. The highest BCUT2D eigenvalue weighted by Gasteiger charge is 2.27. The average Bonchev–Trinajstić information content (AvgIpc) is 2.62. The second kappa shape index (κ2) is 6.60. The quantitative estimate of drug-likeness (QED) is 0.645. The van der Waals surface area contributed by atoms with Crippen molar-refractivity contribution in [2.75, 3.05) is 31.1 Å². The Labute approximate surface area is 134 Å². The lowest BCUT2D eigenvalue weighted by Crippen LogP contribution is -2.50. The Hall–Kier alpha value is -2.69. The third kappa shape index (κ3) is 3.23. The molecule has 1 aliphatic heterocycles. The van der Waals surface area contributed by atoms with Gasteiger partial charge in [-0.05, 0) is 12.1 Å². The second-order valence-electron chi connectivity index (χ2n) is 5.43. The summed E-state index contributed by atoms with van der Waals surface area (Å²) < 4.78 is 13.8. The molecule has 1 heterocycles. The molecule has 1 aliphatic rings.